The summed E-state index contributed by atoms with van der Waals surface area (Å²) in [4.78, 5) is 25.1. The van der Waals surface area contributed by atoms with E-state index in [0.29, 0.717) is 16.4 Å². The predicted molar refractivity (Wildman–Crippen MR) is 104 cm³/mol. The van der Waals surface area contributed by atoms with Crippen LogP contribution in [0, 0.1) is 0 Å². The van der Waals surface area contributed by atoms with Crippen LogP contribution in [0.25, 0.3) is 6.08 Å². The quantitative estimate of drug-likeness (QED) is 0.794. The molecule has 0 unspecified atom stereocenters. The lowest BCUT2D eigenvalue weighted by Gasteiger charge is -2.11. The van der Waals surface area contributed by atoms with Crippen LogP contribution in [-0.2, 0) is 9.59 Å². The summed E-state index contributed by atoms with van der Waals surface area (Å²) >= 11 is 6.08. The van der Waals surface area contributed by atoms with Gasteiger partial charge in [0.05, 0.1) is 10.7 Å². The van der Waals surface area contributed by atoms with Gasteiger partial charge in [-0.1, -0.05) is 23.7 Å². The molecule has 2 rings (SSSR count). The minimum Gasteiger partial charge on any atom is -0.378 e. The van der Waals surface area contributed by atoms with Gasteiger partial charge in [-0.25, -0.2) is 0 Å². The Morgan fingerprint density at radius 3 is 2.28 bits per heavy atom. The Bertz CT molecular complexity index is 799. The van der Waals surface area contributed by atoms with Gasteiger partial charge in [-0.05, 0) is 42.0 Å². The van der Waals surface area contributed by atoms with Crippen molar-refractivity contribution in [1.29, 1.82) is 0 Å². The molecule has 0 spiro atoms. The van der Waals surface area contributed by atoms with E-state index >= 15 is 0 Å². The topological polar surface area (TPSA) is 61.4 Å². The molecule has 5 nitrogen and oxygen atoms in total. The number of nitrogens with one attached hydrogen (secondary N) is 2. The molecule has 0 saturated carbocycles. The minimum absolute atomic E-state index is 0.207. The molecule has 2 N–H and O–H groups in total. The lowest BCUT2D eigenvalue weighted by Crippen LogP contribution is -2.09. The molecule has 0 aliphatic carbocycles. The number of amides is 2. The van der Waals surface area contributed by atoms with Crippen molar-refractivity contribution in [2.45, 2.75) is 6.92 Å². The summed E-state index contributed by atoms with van der Waals surface area (Å²) in [6.07, 6.45) is 3.20. The lowest BCUT2D eigenvalue weighted by molar-refractivity contribution is -0.114. The van der Waals surface area contributed by atoms with Crippen molar-refractivity contribution in [3.8, 4) is 0 Å². The van der Waals surface area contributed by atoms with E-state index in [1.807, 2.05) is 43.3 Å². The van der Waals surface area contributed by atoms with Crippen LogP contribution in [0.2, 0.25) is 5.02 Å². The number of carbonyl (C=O) groups is 2. The summed E-state index contributed by atoms with van der Waals surface area (Å²) in [5.74, 6) is -0.470. The van der Waals surface area contributed by atoms with Crippen molar-refractivity contribution in [2.24, 2.45) is 0 Å². The van der Waals surface area contributed by atoms with E-state index in [2.05, 4.69) is 10.6 Å². The first-order valence-corrected chi connectivity index (χ1v) is 8.06. The molecule has 2 aromatic rings. The number of carbonyl (C=O) groups excluding carboxylic acids is 2. The number of hydrogen-bond acceptors (Lipinski definition) is 3. The zero-order valence-electron chi connectivity index (χ0n) is 14.3. The van der Waals surface area contributed by atoms with Crippen LogP contribution < -0.4 is 15.5 Å². The average Bonchev–Trinajstić information content (AvgIpc) is 2.55. The van der Waals surface area contributed by atoms with Crippen LogP contribution in [-0.4, -0.2) is 25.9 Å². The maximum Gasteiger partial charge on any atom is 0.248 e. The Kier molecular flexibility index (Phi) is 6.19. The number of anilines is 3. The predicted octanol–water partition coefficient (Wildman–Crippen LogP) is 4.02. The summed E-state index contributed by atoms with van der Waals surface area (Å²) in [5, 5.41) is 5.70. The molecule has 0 heterocycles. The Hall–Kier alpha value is -2.79. The third-order valence-corrected chi connectivity index (χ3v) is 3.70. The molecule has 6 heteroatoms. The van der Waals surface area contributed by atoms with E-state index in [-0.39, 0.29) is 11.8 Å². The maximum absolute atomic E-state index is 12.0. The maximum atomic E-state index is 12.0. The molecule has 2 aromatic carbocycles. The van der Waals surface area contributed by atoms with Crippen LogP contribution in [0.1, 0.15) is 12.5 Å². The van der Waals surface area contributed by atoms with Gasteiger partial charge in [-0.3, -0.25) is 9.59 Å². The third kappa shape index (κ3) is 5.65. The van der Waals surface area contributed by atoms with Crippen molar-refractivity contribution in [1.82, 2.24) is 0 Å². The largest absolute Gasteiger partial charge is 0.378 e. The van der Waals surface area contributed by atoms with Gasteiger partial charge < -0.3 is 15.5 Å². The highest BCUT2D eigenvalue weighted by atomic mass is 35.5. The van der Waals surface area contributed by atoms with Gasteiger partial charge in [0.15, 0.2) is 0 Å². The fraction of sp³-hybridized carbons (Fsp3) is 0.158. The van der Waals surface area contributed by atoms with E-state index in [4.69, 9.17) is 11.6 Å². The highest BCUT2D eigenvalue weighted by Gasteiger charge is 2.05. The van der Waals surface area contributed by atoms with Crippen LogP contribution >= 0.6 is 11.6 Å². The van der Waals surface area contributed by atoms with E-state index in [0.717, 1.165) is 11.3 Å². The number of hydrogen-bond donors (Lipinski definition) is 2. The molecule has 0 atom stereocenters. The van der Waals surface area contributed by atoms with Crippen LogP contribution in [0.15, 0.2) is 48.5 Å². The normalized spacial score (nSPS) is 10.6. The molecular formula is C19H20ClN3O2. The van der Waals surface area contributed by atoms with Crippen molar-refractivity contribution in [2.75, 3.05) is 29.6 Å². The Morgan fingerprint density at radius 2 is 1.72 bits per heavy atom. The molecule has 0 saturated heterocycles. The SMILES string of the molecule is CC(=O)Nc1ccc(NC(=O)/C=C/c2ccc(N(C)C)cc2)cc1Cl. The van der Waals surface area contributed by atoms with Crippen LogP contribution in [0.4, 0.5) is 17.1 Å². The van der Waals surface area contributed by atoms with Crippen molar-refractivity contribution in [3.05, 3.63) is 59.1 Å². The number of nitrogens with zero attached hydrogens (tertiary/aromatic N) is 1. The van der Waals surface area contributed by atoms with Gasteiger partial charge in [-0.2, -0.15) is 0 Å². The highest BCUT2D eigenvalue weighted by molar-refractivity contribution is 6.34. The Labute approximate surface area is 152 Å². The second-order valence-electron chi connectivity index (χ2n) is 5.68. The van der Waals surface area contributed by atoms with Gasteiger partial charge in [-0.15, -0.1) is 0 Å². The summed E-state index contributed by atoms with van der Waals surface area (Å²) in [7, 11) is 3.95. The minimum atomic E-state index is -0.264. The lowest BCUT2D eigenvalue weighted by atomic mass is 10.2. The monoisotopic (exact) mass is 357 g/mol. The standard InChI is InChI=1S/C19H20ClN3O2/c1-13(24)21-18-10-7-15(12-17(18)20)22-19(25)11-6-14-4-8-16(9-5-14)23(2)3/h4-12H,1-3H3,(H,21,24)(H,22,25)/b11-6+. The molecule has 25 heavy (non-hydrogen) atoms. The van der Waals surface area contributed by atoms with E-state index < -0.39 is 0 Å². The first-order chi connectivity index (χ1) is 11.8. The molecule has 0 radical (unpaired) electrons. The summed E-state index contributed by atoms with van der Waals surface area (Å²) in [6.45, 7) is 1.40. The zero-order chi connectivity index (χ0) is 18.4. The van der Waals surface area contributed by atoms with Crippen molar-refractivity contribution >= 4 is 46.6 Å². The third-order valence-electron chi connectivity index (χ3n) is 3.38. The van der Waals surface area contributed by atoms with E-state index in [1.165, 1.54) is 13.0 Å². The van der Waals surface area contributed by atoms with Gasteiger partial charge in [0.25, 0.3) is 0 Å². The van der Waals surface area contributed by atoms with Gasteiger partial charge in [0, 0.05) is 38.5 Å². The van der Waals surface area contributed by atoms with Crippen LogP contribution in [0.3, 0.4) is 0 Å². The molecule has 0 aliphatic rings. The van der Waals surface area contributed by atoms with Gasteiger partial charge >= 0.3 is 0 Å². The second-order valence-corrected chi connectivity index (χ2v) is 6.09. The summed E-state index contributed by atoms with van der Waals surface area (Å²) < 4.78 is 0. The Balaban J connectivity index is 1.99. The Morgan fingerprint density at radius 1 is 1.04 bits per heavy atom. The molecule has 0 aromatic heterocycles. The fourth-order valence-corrected chi connectivity index (χ4v) is 2.35. The van der Waals surface area contributed by atoms with E-state index in [1.54, 1.807) is 24.3 Å². The van der Waals surface area contributed by atoms with Crippen molar-refractivity contribution in [3.63, 3.8) is 0 Å². The number of rotatable bonds is 5. The zero-order valence-corrected chi connectivity index (χ0v) is 15.1. The molecule has 0 bridgehead atoms. The summed E-state index contributed by atoms with van der Waals surface area (Å²) in [5.41, 5.74) is 3.08. The number of halogens is 1. The first-order valence-electron chi connectivity index (χ1n) is 7.69. The van der Waals surface area contributed by atoms with Gasteiger partial charge in [0.1, 0.15) is 0 Å². The molecule has 130 valence electrons. The highest BCUT2D eigenvalue weighted by Crippen LogP contribution is 2.25. The number of benzene rings is 2. The molecule has 2 amide bonds. The van der Waals surface area contributed by atoms with E-state index in [9.17, 15) is 9.59 Å². The molecular weight excluding hydrogens is 338 g/mol. The van der Waals surface area contributed by atoms with Crippen LogP contribution in [0.5, 0.6) is 0 Å². The summed E-state index contributed by atoms with van der Waals surface area (Å²) in [6, 6.07) is 12.8. The molecule has 0 aliphatic heterocycles. The second kappa shape index (κ2) is 8.35. The molecule has 0 fully saturated rings. The van der Waals surface area contributed by atoms with Crippen molar-refractivity contribution < 1.29 is 9.59 Å². The fourth-order valence-electron chi connectivity index (χ4n) is 2.12. The smallest absolute Gasteiger partial charge is 0.248 e. The van der Waals surface area contributed by atoms with Gasteiger partial charge in [0.2, 0.25) is 11.8 Å². The first kappa shape index (κ1) is 18.5. The average molecular weight is 358 g/mol.